The van der Waals surface area contributed by atoms with Crippen molar-refractivity contribution in [3.63, 3.8) is 0 Å². The molecular weight excluding hydrogens is 393 g/mol. The Balaban J connectivity index is 1.42. The molecule has 0 bridgehead atoms. The summed E-state index contributed by atoms with van der Waals surface area (Å²) in [6.45, 7) is 1.41. The molecule has 0 spiro atoms. The Morgan fingerprint density at radius 1 is 1.07 bits per heavy atom. The zero-order valence-electron chi connectivity index (χ0n) is 15.7. The lowest BCUT2D eigenvalue weighted by Gasteiger charge is -2.12. The van der Waals surface area contributed by atoms with Crippen LogP contribution in [0.1, 0.15) is 17.5 Å². The average molecular weight is 409 g/mol. The van der Waals surface area contributed by atoms with E-state index in [2.05, 4.69) is 15.3 Å². The number of benzene rings is 2. The molecule has 0 unspecified atom stereocenters. The number of carbonyl (C=O) groups excluding carboxylic acids is 2. The van der Waals surface area contributed by atoms with Gasteiger partial charge in [-0.1, -0.05) is 12.1 Å². The molecule has 2 aromatic heterocycles. The number of aromatic amines is 2. The topological polar surface area (TPSA) is 117 Å². The minimum Gasteiger partial charge on any atom is -0.449 e. The van der Waals surface area contributed by atoms with Crippen LogP contribution in [0.4, 0.5) is 10.1 Å². The first-order valence-electron chi connectivity index (χ1n) is 8.99. The van der Waals surface area contributed by atoms with E-state index in [-0.39, 0.29) is 22.8 Å². The molecule has 4 rings (SSSR count). The van der Waals surface area contributed by atoms with E-state index in [1.54, 1.807) is 30.3 Å². The van der Waals surface area contributed by atoms with E-state index in [1.807, 2.05) is 0 Å². The molecule has 0 saturated carbocycles. The highest BCUT2D eigenvalue weighted by Gasteiger charge is 2.22. The number of aromatic nitrogens is 2. The fourth-order valence-electron chi connectivity index (χ4n) is 2.88. The van der Waals surface area contributed by atoms with E-state index in [1.165, 1.54) is 31.2 Å². The molecule has 8 nitrogen and oxygen atoms in total. The number of hydrogen-bond donors (Lipinski definition) is 3. The molecule has 0 saturated heterocycles. The van der Waals surface area contributed by atoms with Crippen molar-refractivity contribution >= 4 is 28.6 Å². The quantitative estimate of drug-likeness (QED) is 0.437. The Kier molecular flexibility index (Phi) is 4.93. The SMILES string of the molecule is C[C@@H](OC(=O)c1ccc(-c2ccccc2F)o1)C(=O)Nc1ccc2[nH]c(=O)[nH]c2c1. The van der Waals surface area contributed by atoms with Crippen LogP contribution < -0.4 is 11.0 Å². The summed E-state index contributed by atoms with van der Waals surface area (Å²) in [5, 5.41) is 2.61. The molecule has 152 valence electrons. The number of anilines is 1. The third kappa shape index (κ3) is 3.86. The van der Waals surface area contributed by atoms with Crippen molar-refractivity contribution in [2.24, 2.45) is 0 Å². The molecule has 0 fully saturated rings. The largest absolute Gasteiger partial charge is 0.449 e. The second-order valence-electron chi connectivity index (χ2n) is 6.52. The van der Waals surface area contributed by atoms with Gasteiger partial charge in [-0.05, 0) is 49.4 Å². The normalized spacial score (nSPS) is 11.9. The van der Waals surface area contributed by atoms with E-state index in [4.69, 9.17) is 9.15 Å². The van der Waals surface area contributed by atoms with E-state index < -0.39 is 23.8 Å². The van der Waals surface area contributed by atoms with E-state index >= 15 is 0 Å². The van der Waals surface area contributed by atoms with Gasteiger partial charge in [0.2, 0.25) is 5.76 Å². The van der Waals surface area contributed by atoms with Gasteiger partial charge in [-0.15, -0.1) is 0 Å². The minimum atomic E-state index is -1.12. The van der Waals surface area contributed by atoms with Gasteiger partial charge in [-0.2, -0.15) is 0 Å². The van der Waals surface area contributed by atoms with Crippen LogP contribution >= 0.6 is 0 Å². The highest BCUT2D eigenvalue weighted by molar-refractivity contribution is 5.97. The first kappa shape index (κ1) is 19.2. The fourth-order valence-corrected chi connectivity index (χ4v) is 2.88. The number of esters is 1. The molecule has 1 atom stereocenters. The Hall–Kier alpha value is -4.14. The summed E-state index contributed by atoms with van der Waals surface area (Å²) in [4.78, 5) is 41.1. The third-order valence-electron chi connectivity index (χ3n) is 4.38. The maximum atomic E-state index is 13.9. The van der Waals surface area contributed by atoms with Crippen LogP contribution in [0, 0.1) is 5.82 Å². The Morgan fingerprint density at radius 3 is 2.63 bits per heavy atom. The van der Waals surface area contributed by atoms with Crippen molar-refractivity contribution in [2.75, 3.05) is 5.32 Å². The molecule has 0 radical (unpaired) electrons. The van der Waals surface area contributed by atoms with Crippen LogP contribution in [0.25, 0.3) is 22.4 Å². The van der Waals surface area contributed by atoms with Crippen LogP contribution in [0.5, 0.6) is 0 Å². The number of imidazole rings is 1. The zero-order chi connectivity index (χ0) is 21.3. The Morgan fingerprint density at radius 2 is 1.83 bits per heavy atom. The molecule has 0 aliphatic carbocycles. The molecule has 2 aromatic carbocycles. The summed E-state index contributed by atoms with van der Waals surface area (Å²) in [6.07, 6.45) is -1.12. The van der Waals surface area contributed by atoms with Crippen LogP contribution in [0.2, 0.25) is 0 Å². The van der Waals surface area contributed by atoms with Crippen LogP contribution in [-0.4, -0.2) is 27.9 Å². The number of amides is 1. The van der Waals surface area contributed by atoms with Gasteiger partial charge in [0.05, 0.1) is 16.6 Å². The van der Waals surface area contributed by atoms with E-state index in [0.29, 0.717) is 16.7 Å². The van der Waals surface area contributed by atoms with Crippen molar-refractivity contribution < 1.29 is 23.1 Å². The predicted molar refractivity (Wildman–Crippen MR) is 107 cm³/mol. The lowest BCUT2D eigenvalue weighted by atomic mass is 10.1. The molecule has 4 aromatic rings. The number of halogens is 1. The number of carbonyl (C=O) groups is 2. The summed E-state index contributed by atoms with van der Waals surface area (Å²) in [7, 11) is 0. The van der Waals surface area contributed by atoms with Gasteiger partial charge in [-0.25, -0.2) is 14.0 Å². The van der Waals surface area contributed by atoms with Gasteiger partial charge < -0.3 is 24.4 Å². The number of fused-ring (bicyclic) bond motifs is 1. The second-order valence-corrected chi connectivity index (χ2v) is 6.52. The summed E-state index contributed by atoms with van der Waals surface area (Å²) in [5.74, 6) is -1.89. The lowest BCUT2D eigenvalue weighted by molar-refractivity contribution is -0.123. The number of furan rings is 1. The van der Waals surface area contributed by atoms with Gasteiger partial charge in [0.15, 0.2) is 6.10 Å². The lowest BCUT2D eigenvalue weighted by Crippen LogP contribution is -2.29. The van der Waals surface area contributed by atoms with Crippen molar-refractivity contribution in [2.45, 2.75) is 13.0 Å². The standard InChI is InChI=1S/C21H16FN3O5/c1-11(19(26)23-12-6-7-15-16(10-12)25-21(28)24-15)29-20(27)18-9-8-17(30-18)13-4-2-3-5-14(13)22/h2-11H,1H3,(H,23,26)(H2,24,25,28)/t11-/m1/s1. The first-order chi connectivity index (χ1) is 14.4. The number of rotatable bonds is 5. The van der Waals surface area contributed by atoms with Gasteiger partial charge >= 0.3 is 11.7 Å². The maximum Gasteiger partial charge on any atom is 0.375 e. The fraction of sp³-hybridized carbons (Fsp3) is 0.0952. The molecule has 0 aliphatic heterocycles. The molecule has 0 aliphatic rings. The Labute approximate surface area is 168 Å². The van der Waals surface area contributed by atoms with Crippen molar-refractivity contribution in [1.29, 1.82) is 0 Å². The van der Waals surface area contributed by atoms with Gasteiger partial charge in [0.1, 0.15) is 11.6 Å². The van der Waals surface area contributed by atoms with Crippen LogP contribution in [-0.2, 0) is 9.53 Å². The van der Waals surface area contributed by atoms with Crippen LogP contribution in [0.15, 0.2) is 63.8 Å². The second kappa shape index (κ2) is 7.70. The summed E-state index contributed by atoms with van der Waals surface area (Å²) in [6, 6.07) is 13.6. The number of hydrogen-bond acceptors (Lipinski definition) is 5. The van der Waals surface area contributed by atoms with Crippen molar-refractivity contribution in [3.05, 3.63) is 76.7 Å². The number of ether oxygens (including phenoxy) is 1. The summed E-state index contributed by atoms with van der Waals surface area (Å²) in [5.41, 5.74) is 1.40. The number of nitrogens with one attached hydrogen (secondary N) is 3. The predicted octanol–water partition coefficient (Wildman–Crippen LogP) is 3.44. The summed E-state index contributed by atoms with van der Waals surface area (Å²) < 4.78 is 24.4. The van der Waals surface area contributed by atoms with Crippen molar-refractivity contribution in [3.8, 4) is 11.3 Å². The monoisotopic (exact) mass is 409 g/mol. The smallest absolute Gasteiger partial charge is 0.375 e. The first-order valence-corrected chi connectivity index (χ1v) is 8.99. The molecule has 3 N–H and O–H groups in total. The highest BCUT2D eigenvalue weighted by atomic mass is 19.1. The van der Waals surface area contributed by atoms with Gasteiger partial charge in [-0.3, -0.25) is 4.79 Å². The van der Waals surface area contributed by atoms with E-state index in [9.17, 15) is 18.8 Å². The highest BCUT2D eigenvalue weighted by Crippen LogP contribution is 2.25. The Bertz CT molecular complexity index is 1300. The van der Waals surface area contributed by atoms with Crippen LogP contribution in [0.3, 0.4) is 0 Å². The molecule has 1 amide bonds. The average Bonchev–Trinajstić information content (AvgIpc) is 3.34. The molecule has 9 heteroatoms. The summed E-state index contributed by atoms with van der Waals surface area (Å²) >= 11 is 0. The maximum absolute atomic E-state index is 13.9. The molecular formula is C21H16FN3O5. The van der Waals surface area contributed by atoms with Gasteiger partial charge in [0.25, 0.3) is 5.91 Å². The molecule has 2 heterocycles. The zero-order valence-corrected chi connectivity index (χ0v) is 15.7. The number of H-pyrrole nitrogens is 2. The van der Waals surface area contributed by atoms with Crippen molar-refractivity contribution in [1.82, 2.24) is 9.97 Å². The van der Waals surface area contributed by atoms with E-state index in [0.717, 1.165) is 0 Å². The minimum absolute atomic E-state index is 0.153. The molecule has 30 heavy (non-hydrogen) atoms. The third-order valence-corrected chi connectivity index (χ3v) is 4.38. The van der Waals surface area contributed by atoms with Gasteiger partial charge in [0, 0.05) is 5.69 Å².